The minimum absolute atomic E-state index is 0.0141. The highest BCUT2D eigenvalue weighted by molar-refractivity contribution is 6.08. The lowest BCUT2D eigenvalue weighted by Crippen LogP contribution is -2.78. The molecule has 1 amide bonds. The number of aliphatic hydroxyl groups is 3. The smallest absolute Gasteiger partial charge is 0.262 e. The van der Waals surface area contributed by atoms with Crippen LogP contribution in [0, 0.1) is 0 Å². The van der Waals surface area contributed by atoms with E-state index in [4.69, 9.17) is 9.84 Å². The van der Waals surface area contributed by atoms with Crippen LogP contribution in [0.25, 0.3) is 0 Å². The molecular formula is C15H19NO5. The molecule has 0 radical (unpaired) electrons. The van der Waals surface area contributed by atoms with E-state index in [-0.39, 0.29) is 6.42 Å². The third-order valence-electron chi connectivity index (χ3n) is 3.71. The first kappa shape index (κ1) is 15.5. The van der Waals surface area contributed by atoms with Crippen molar-refractivity contribution in [2.24, 2.45) is 0 Å². The number of β-lactam (4-membered cyclic amide) rings is 1. The fraction of sp³-hybridized carbons (Fsp3) is 0.400. The van der Waals surface area contributed by atoms with E-state index < -0.39 is 30.3 Å². The van der Waals surface area contributed by atoms with Crippen molar-refractivity contribution < 1.29 is 24.9 Å². The van der Waals surface area contributed by atoms with Gasteiger partial charge >= 0.3 is 0 Å². The zero-order valence-corrected chi connectivity index (χ0v) is 11.8. The van der Waals surface area contributed by atoms with Gasteiger partial charge in [0.05, 0.1) is 13.7 Å². The van der Waals surface area contributed by atoms with E-state index in [1.54, 1.807) is 24.3 Å². The monoisotopic (exact) mass is 293 g/mol. The number of aliphatic hydroxyl groups excluding tert-OH is 2. The van der Waals surface area contributed by atoms with Crippen LogP contribution >= 0.6 is 0 Å². The Morgan fingerprint density at radius 1 is 1.48 bits per heavy atom. The summed E-state index contributed by atoms with van der Waals surface area (Å²) in [5.41, 5.74) is -1.21. The molecule has 0 bridgehead atoms. The molecule has 6 heteroatoms. The minimum Gasteiger partial charge on any atom is -0.497 e. The summed E-state index contributed by atoms with van der Waals surface area (Å²) in [7, 11) is 1.53. The second kappa shape index (κ2) is 5.85. The van der Waals surface area contributed by atoms with Gasteiger partial charge in [0.15, 0.2) is 5.60 Å². The molecule has 0 spiro atoms. The van der Waals surface area contributed by atoms with Crippen LogP contribution in [0.3, 0.4) is 0 Å². The van der Waals surface area contributed by atoms with Crippen molar-refractivity contribution in [1.82, 2.24) is 0 Å². The van der Waals surface area contributed by atoms with Gasteiger partial charge in [-0.1, -0.05) is 6.08 Å². The maximum Gasteiger partial charge on any atom is 0.262 e. The molecule has 0 aliphatic carbocycles. The molecule has 114 valence electrons. The average molecular weight is 293 g/mol. The number of benzene rings is 1. The zero-order chi connectivity index (χ0) is 15.6. The summed E-state index contributed by atoms with van der Waals surface area (Å²) in [5.74, 6) is 0.109. The predicted molar refractivity (Wildman–Crippen MR) is 77.1 cm³/mol. The topological polar surface area (TPSA) is 90.2 Å². The molecule has 0 aromatic heterocycles. The molecule has 0 unspecified atom stereocenters. The van der Waals surface area contributed by atoms with Gasteiger partial charge in [-0.3, -0.25) is 4.79 Å². The van der Waals surface area contributed by atoms with Crippen molar-refractivity contribution >= 4 is 11.6 Å². The van der Waals surface area contributed by atoms with Crippen molar-refractivity contribution in [1.29, 1.82) is 0 Å². The van der Waals surface area contributed by atoms with E-state index in [0.29, 0.717) is 11.4 Å². The van der Waals surface area contributed by atoms with Gasteiger partial charge < -0.3 is 25.0 Å². The number of nitrogens with zero attached hydrogens (tertiary/aromatic N) is 1. The number of hydrogen-bond acceptors (Lipinski definition) is 5. The number of amides is 1. The number of carbonyl (C=O) groups is 1. The molecule has 1 fully saturated rings. The van der Waals surface area contributed by atoms with Crippen LogP contribution in [0.4, 0.5) is 5.69 Å². The van der Waals surface area contributed by atoms with Crippen LogP contribution in [-0.4, -0.2) is 52.7 Å². The van der Waals surface area contributed by atoms with Crippen LogP contribution in [0.5, 0.6) is 5.75 Å². The summed E-state index contributed by atoms with van der Waals surface area (Å²) >= 11 is 0. The SMILES string of the molecule is C=CC[C@]1(O)C(=O)N(c2ccc(OC)cc2)[C@H]1[C@H](O)CO. The van der Waals surface area contributed by atoms with Crippen LogP contribution in [-0.2, 0) is 4.79 Å². The number of methoxy groups -OCH3 is 1. The highest BCUT2D eigenvalue weighted by Gasteiger charge is 2.62. The lowest BCUT2D eigenvalue weighted by Gasteiger charge is -2.54. The molecule has 3 atom stereocenters. The molecule has 1 aromatic carbocycles. The number of hydrogen-bond donors (Lipinski definition) is 3. The standard InChI is InChI=1S/C15H19NO5/c1-3-8-15(20)13(12(18)9-17)16(14(15)19)10-4-6-11(21-2)7-5-10/h3-7,12-13,17-18,20H,1,8-9H2,2H3/t12-,13+,15-/m1/s1. The highest BCUT2D eigenvalue weighted by Crippen LogP contribution is 2.40. The lowest BCUT2D eigenvalue weighted by atomic mass is 9.76. The Bertz CT molecular complexity index is 529. The Morgan fingerprint density at radius 3 is 2.57 bits per heavy atom. The third-order valence-corrected chi connectivity index (χ3v) is 3.71. The Morgan fingerprint density at radius 2 is 2.10 bits per heavy atom. The molecule has 1 aliphatic heterocycles. The van der Waals surface area contributed by atoms with E-state index >= 15 is 0 Å². The van der Waals surface area contributed by atoms with Gasteiger partial charge in [0.2, 0.25) is 0 Å². The van der Waals surface area contributed by atoms with Gasteiger partial charge in [0, 0.05) is 12.1 Å². The van der Waals surface area contributed by atoms with Crippen molar-refractivity contribution in [2.75, 3.05) is 18.6 Å². The van der Waals surface area contributed by atoms with Crippen LogP contribution in [0.1, 0.15) is 6.42 Å². The Balaban J connectivity index is 2.33. The molecule has 1 saturated heterocycles. The molecule has 2 rings (SSSR count). The Labute approximate surface area is 122 Å². The van der Waals surface area contributed by atoms with Crippen molar-refractivity contribution in [3.8, 4) is 5.75 Å². The third kappa shape index (κ3) is 2.42. The van der Waals surface area contributed by atoms with Gasteiger partial charge in [-0.25, -0.2) is 0 Å². The zero-order valence-electron chi connectivity index (χ0n) is 11.8. The van der Waals surface area contributed by atoms with E-state index in [0.717, 1.165) is 0 Å². The predicted octanol–water partition coefficient (Wildman–Crippen LogP) is 0.0708. The van der Waals surface area contributed by atoms with Gasteiger partial charge in [-0.05, 0) is 24.3 Å². The summed E-state index contributed by atoms with van der Waals surface area (Å²) < 4.78 is 5.05. The fourth-order valence-electron chi connectivity index (χ4n) is 2.65. The molecule has 0 saturated carbocycles. The molecule has 1 aromatic rings. The number of rotatable bonds is 6. The summed E-state index contributed by atoms with van der Waals surface area (Å²) in [6, 6.07) is 5.75. The number of ether oxygens (including phenoxy) is 1. The van der Waals surface area contributed by atoms with E-state index in [1.165, 1.54) is 18.1 Å². The second-order valence-electron chi connectivity index (χ2n) is 4.98. The van der Waals surface area contributed by atoms with Crippen LogP contribution in [0.2, 0.25) is 0 Å². The summed E-state index contributed by atoms with van der Waals surface area (Å²) in [6.07, 6.45) is 0.190. The maximum atomic E-state index is 12.3. The molecule has 1 aliphatic rings. The van der Waals surface area contributed by atoms with E-state index in [1.807, 2.05) is 0 Å². The van der Waals surface area contributed by atoms with E-state index in [2.05, 4.69) is 6.58 Å². The second-order valence-corrected chi connectivity index (χ2v) is 4.98. The lowest BCUT2D eigenvalue weighted by molar-refractivity contribution is -0.161. The van der Waals surface area contributed by atoms with E-state index in [9.17, 15) is 15.0 Å². The summed E-state index contributed by atoms with van der Waals surface area (Å²) in [6.45, 7) is 2.96. The first-order chi connectivity index (χ1) is 9.99. The maximum absolute atomic E-state index is 12.3. The van der Waals surface area contributed by atoms with Crippen molar-refractivity contribution in [3.05, 3.63) is 36.9 Å². The molecular weight excluding hydrogens is 274 g/mol. The van der Waals surface area contributed by atoms with Crippen molar-refractivity contribution in [2.45, 2.75) is 24.2 Å². The first-order valence-electron chi connectivity index (χ1n) is 6.59. The number of anilines is 1. The fourth-order valence-corrected chi connectivity index (χ4v) is 2.65. The normalized spacial score (nSPS) is 26.2. The summed E-state index contributed by atoms with van der Waals surface area (Å²) in [4.78, 5) is 13.5. The van der Waals surface area contributed by atoms with Gasteiger partial charge in [-0.15, -0.1) is 6.58 Å². The Hall–Kier alpha value is -1.89. The van der Waals surface area contributed by atoms with Crippen LogP contribution < -0.4 is 9.64 Å². The molecule has 21 heavy (non-hydrogen) atoms. The minimum atomic E-state index is -1.73. The largest absolute Gasteiger partial charge is 0.497 e. The summed E-state index contributed by atoms with van der Waals surface area (Å²) in [5, 5.41) is 29.5. The molecule has 1 heterocycles. The first-order valence-corrected chi connectivity index (χ1v) is 6.59. The van der Waals surface area contributed by atoms with Gasteiger partial charge in [0.1, 0.15) is 17.9 Å². The molecule has 6 nitrogen and oxygen atoms in total. The van der Waals surface area contributed by atoms with Gasteiger partial charge in [0.25, 0.3) is 5.91 Å². The number of carbonyl (C=O) groups excluding carboxylic acids is 1. The quantitative estimate of drug-likeness (QED) is 0.510. The Kier molecular flexibility index (Phi) is 4.32. The molecule has 3 N–H and O–H groups in total. The van der Waals surface area contributed by atoms with Gasteiger partial charge in [-0.2, -0.15) is 0 Å². The average Bonchev–Trinajstić information content (AvgIpc) is 2.51. The van der Waals surface area contributed by atoms with Crippen LogP contribution in [0.15, 0.2) is 36.9 Å². The highest BCUT2D eigenvalue weighted by atomic mass is 16.5. The van der Waals surface area contributed by atoms with Crippen molar-refractivity contribution in [3.63, 3.8) is 0 Å².